The largest absolute Gasteiger partial charge is 0.269 e. The topological polar surface area (TPSA) is 77.3 Å². The molecule has 0 aliphatic carbocycles. The van der Waals surface area contributed by atoms with Crippen molar-refractivity contribution >= 4 is 27.3 Å². The molecular formula is C13H11NO4S2. The van der Waals surface area contributed by atoms with Crippen LogP contribution in [0.3, 0.4) is 0 Å². The summed E-state index contributed by atoms with van der Waals surface area (Å²) >= 11 is 1.45. The van der Waals surface area contributed by atoms with Crippen LogP contribution in [0.4, 0.5) is 5.69 Å². The molecule has 0 aliphatic rings. The van der Waals surface area contributed by atoms with Gasteiger partial charge in [0.2, 0.25) is 9.84 Å². The summed E-state index contributed by atoms with van der Waals surface area (Å²) < 4.78 is 24.8. The standard InChI is InChI=1S/C13H11NO4S2/c1-19-11-3-2-4-13(9-11)20(17,18)12-7-5-10(6-8-12)14(15)16/h2-9H,1H3. The Bertz CT molecular complexity index is 739. The van der Waals surface area contributed by atoms with E-state index in [4.69, 9.17) is 0 Å². The number of rotatable bonds is 4. The number of benzene rings is 2. The molecule has 2 aromatic rings. The van der Waals surface area contributed by atoms with Crippen LogP contribution in [0.25, 0.3) is 0 Å². The summed E-state index contributed by atoms with van der Waals surface area (Å²) in [6.45, 7) is 0. The fourth-order valence-corrected chi connectivity index (χ4v) is 3.49. The van der Waals surface area contributed by atoms with Crippen molar-refractivity contribution in [3.05, 3.63) is 58.6 Å². The molecule has 0 spiro atoms. The SMILES string of the molecule is CSc1cccc(S(=O)(=O)c2ccc([N+](=O)[O-])cc2)c1. The van der Waals surface area contributed by atoms with Crippen molar-refractivity contribution in [2.45, 2.75) is 14.7 Å². The molecule has 0 aromatic heterocycles. The van der Waals surface area contributed by atoms with E-state index >= 15 is 0 Å². The maximum absolute atomic E-state index is 12.4. The normalized spacial score (nSPS) is 11.2. The van der Waals surface area contributed by atoms with Crippen LogP contribution in [0.2, 0.25) is 0 Å². The number of nitro groups is 1. The van der Waals surface area contributed by atoms with Gasteiger partial charge in [-0.3, -0.25) is 10.1 Å². The van der Waals surface area contributed by atoms with Gasteiger partial charge in [0.1, 0.15) is 0 Å². The number of thioether (sulfide) groups is 1. The van der Waals surface area contributed by atoms with Crippen molar-refractivity contribution in [2.75, 3.05) is 6.26 Å². The van der Waals surface area contributed by atoms with Crippen molar-refractivity contribution in [2.24, 2.45) is 0 Å². The zero-order valence-electron chi connectivity index (χ0n) is 10.5. The second kappa shape index (κ2) is 5.64. The van der Waals surface area contributed by atoms with Crippen molar-refractivity contribution < 1.29 is 13.3 Å². The molecule has 0 atom stereocenters. The molecule has 0 radical (unpaired) electrons. The number of nitro benzene ring substituents is 1. The van der Waals surface area contributed by atoms with E-state index in [0.717, 1.165) is 4.90 Å². The summed E-state index contributed by atoms with van der Waals surface area (Å²) in [7, 11) is -3.65. The lowest BCUT2D eigenvalue weighted by molar-refractivity contribution is -0.384. The number of nitrogens with zero attached hydrogens (tertiary/aromatic N) is 1. The van der Waals surface area contributed by atoms with Crippen LogP contribution in [0, 0.1) is 10.1 Å². The second-order valence-corrected chi connectivity index (χ2v) is 6.76. The van der Waals surface area contributed by atoms with Crippen LogP contribution in [0.5, 0.6) is 0 Å². The van der Waals surface area contributed by atoms with Crippen molar-refractivity contribution in [3.8, 4) is 0 Å². The Balaban J connectivity index is 2.46. The molecule has 0 heterocycles. The zero-order chi connectivity index (χ0) is 14.8. The molecule has 0 aliphatic heterocycles. The third kappa shape index (κ3) is 2.83. The summed E-state index contributed by atoms with van der Waals surface area (Å²) in [4.78, 5) is 11.1. The Morgan fingerprint density at radius 3 is 2.25 bits per heavy atom. The van der Waals surface area contributed by atoms with E-state index in [2.05, 4.69) is 0 Å². The molecule has 7 heteroatoms. The van der Waals surface area contributed by atoms with Crippen molar-refractivity contribution in [1.29, 1.82) is 0 Å². The molecule has 0 saturated heterocycles. The first-order valence-electron chi connectivity index (χ1n) is 5.59. The van der Waals surface area contributed by atoms with Crippen molar-refractivity contribution in [1.82, 2.24) is 0 Å². The minimum atomic E-state index is -3.65. The van der Waals surface area contributed by atoms with Crippen LogP contribution >= 0.6 is 11.8 Å². The molecule has 0 N–H and O–H groups in total. The molecule has 2 rings (SSSR count). The van der Waals surface area contributed by atoms with E-state index in [9.17, 15) is 18.5 Å². The van der Waals surface area contributed by atoms with E-state index in [1.165, 1.54) is 42.1 Å². The van der Waals surface area contributed by atoms with Gasteiger partial charge in [-0.2, -0.15) is 0 Å². The van der Waals surface area contributed by atoms with E-state index in [0.29, 0.717) is 0 Å². The van der Waals surface area contributed by atoms with Crippen LogP contribution in [0.1, 0.15) is 0 Å². The van der Waals surface area contributed by atoms with Crippen LogP contribution in [-0.2, 0) is 9.84 Å². The highest BCUT2D eigenvalue weighted by Crippen LogP contribution is 2.25. The van der Waals surface area contributed by atoms with Gasteiger partial charge in [0.05, 0.1) is 14.7 Å². The van der Waals surface area contributed by atoms with Gasteiger partial charge in [0.15, 0.2) is 0 Å². The van der Waals surface area contributed by atoms with Gasteiger partial charge in [-0.05, 0) is 36.6 Å². The fourth-order valence-electron chi connectivity index (χ4n) is 1.65. The monoisotopic (exact) mass is 309 g/mol. The highest BCUT2D eigenvalue weighted by atomic mass is 32.2. The molecule has 0 fully saturated rings. The lowest BCUT2D eigenvalue weighted by Gasteiger charge is -2.05. The maximum Gasteiger partial charge on any atom is 0.269 e. The van der Waals surface area contributed by atoms with Crippen LogP contribution < -0.4 is 0 Å². The molecule has 0 saturated carbocycles. The molecule has 104 valence electrons. The van der Waals surface area contributed by atoms with E-state index in [1.54, 1.807) is 12.1 Å². The molecule has 0 amide bonds. The molecule has 0 bridgehead atoms. The van der Waals surface area contributed by atoms with Gasteiger partial charge in [-0.15, -0.1) is 11.8 Å². The van der Waals surface area contributed by atoms with Crippen molar-refractivity contribution in [3.63, 3.8) is 0 Å². The predicted octanol–water partition coefficient (Wildman–Crippen LogP) is 3.15. The van der Waals surface area contributed by atoms with Crippen LogP contribution in [-0.4, -0.2) is 19.6 Å². The first-order chi connectivity index (χ1) is 9.45. The number of hydrogen-bond donors (Lipinski definition) is 0. The van der Waals surface area contributed by atoms with E-state index < -0.39 is 14.8 Å². The maximum atomic E-state index is 12.4. The molecular weight excluding hydrogens is 298 g/mol. The Kier molecular flexibility index (Phi) is 4.10. The quantitative estimate of drug-likeness (QED) is 0.492. The summed E-state index contributed by atoms with van der Waals surface area (Å²) in [5.41, 5.74) is -0.137. The fraction of sp³-hybridized carbons (Fsp3) is 0.0769. The van der Waals surface area contributed by atoms with Crippen LogP contribution in [0.15, 0.2) is 63.2 Å². The Morgan fingerprint density at radius 2 is 1.70 bits per heavy atom. The third-order valence-corrected chi connectivity index (χ3v) is 5.20. The van der Waals surface area contributed by atoms with Gasteiger partial charge < -0.3 is 0 Å². The Morgan fingerprint density at radius 1 is 1.05 bits per heavy atom. The number of hydrogen-bond acceptors (Lipinski definition) is 5. The average Bonchev–Trinajstić information content (AvgIpc) is 2.47. The van der Waals surface area contributed by atoms with E-state index in [1.807, 2.05) is 12.3 Å². The first-order valence-corrected chi connectivity index (χ1v) is 8.29. The second-order valence-electron chi connectivity index (χ2n) is 3.93. The van der Waals surface area contributed by atoms with E-state index in [-0.39, 0.29) is 15.5 Å². The minimum absolute atomic E-state index is 0.0429. The molecule has 0 unspecified atom stereocenters. The number of sulfone groups is 1. The summed E-state index contributed by atoms with van der Waals surface area (Å²) in [6, 6.07) is 11.5. The van der Waals surface area contributed by atoms with Gasteiger partial charge in [0.25, 0.3) is 5.69 Å². The van der Waals surface area contributed by atoms with Gasteiger partial charge >= 0.3 is 0 Å². The smallest absolute Gasteiger partial charge is 0.258 e. The summed E-state index contributed by atoms with van der Waals surface area (Å²) in [6.07, 6.45) is 1.86. The third-order valence-electron chi connectivity index (χ3n) is 2.71. The Hall–Kier alpha value is -1.86. The highest BCUT2D eigenvalue weighted by molar-refractivity contribution is 7.98. The molecule has 20 heavy (non-hydrogen) atoms. The number of non-ortho nitro benzene ring substituents is 1. The van der Waals surface area contributed by atoms with Gasteiger partial charge in [0, 0.05) is 17.0 Å². The highest BCUT2D eigenvalue weighted by Gasteiger charge is 2.19. The minimum Gasteiger partial charge on any atom is -0.258 e. The lowest BCUT2D eigenvalue weighted by atomic mass is 10.3. The van der Waals surface area contributed by atoms with Gasteiger partial charge in [-0.1, -0.05) is 6.07 Å². The predicted molar refractivity (Wildman–Crippen MR) is 76.8 cm³/mol. The lowest BCUT2D eigenvalue weighted by Crippen LogP contribution is -2.02. The molecule has 5 nitrogen and oxygen atoms in total. The van der Waals surface area contributed by atoms with Gasteiger partial charge in [-0.25, -0.2) is 8.42 Å². The summed E-state index contributed by atoms with van der Waals surface area (Å²) in [5.74, 6) is 0. The summed E-state index contributed by atoms with van der Waals surface area (Å²) in [5, 5.41) is 10.6. The first kappa shape index (κ1) is 14.5. The Labute approximate surface area is 120 Å². The zero-order valence-corrected chi connectivity index (χ0v) is 12.1. The average molecular weight is 309 g/mol. The molecule has 2 aromatic carbocycles.